The van der Waals surface area contributed by atoms with Crippen LogP contribution in [0.5, 0.6) is 0 Å². The highest BCUT2D eigenvalue weighted by molar-refractivity contribution is 5.78. The Labute approximate surface area is 116 Å². The first-order chi connectivity index (χ1) is 8.99. The van der Waals surface area contributed by atoms with E-state index in [1.54, 1.807) is 6.92 Å². The minimum absolute atomic E-state index is 0.000787. The Morgan fingerprint density at radius 3 is 2.47 bits per heavy atom. The number of ether oxygens (including phenoxy) is 1. The molecule has 5 atom stereocenters. The summed E-state index contributed by atoms with van der Waals surface area (Å²) in [6.07, 6.45) is 4.34. The first kappa shape index (κ1) is 14.5. The van der Waals surface area contributed by atoms with E-state index in [4.69, 9.17) is 4.74 Å². The SMILES string of the molecule is CC[C@@H]1C[C@@]2(CC)OC(=O)[C@H](CC)[C@H]2[C@H]1CC(C)=O. The van der Waals surface area contributed by atoms with E-state index >= 15 is 0 Å². The number of rotatable bonds is 5. The summed E-state index contributed by atoms with van der Waals surface area (Å²) in [7, 11) is 0. The molecule has 0 aromatic carbocycles. The molecule has 3 nitrogen and oxygen atoms in total. The van der Waals surface area contributed by atoms with Gasteiger partial charge in [-0.2, -0.15) is 0 Å². The maximum absolute atomic E-state index is 12.1. The molecule has 2 rings (SSSR count). The first-order valence-corrected chi connectivity index (χ1v) is 7.71. The van der Waals surface area contributed by atoms with E-state index in [1.165, 1.54) is 0 Å². The third-order valence-electron chi connectivity index (χ3n) is 5.41. The van der Waals surface area contributed by atoms with Gasteiger partial charge < -0.3 is 9.53 Å². The van der Waals surface area contributed by atoms with Gasteiger partial charge >= 0.3 is 5.97 Å². The Bertz CT molecular complexity index is 376. The molecule has 19 heavy (non-hydrogen) atoms. The van der Waals surface area contributed by atoms with Crippen LogP contribution < -0.4 is 0 Å². The van der Waals surface area contributed by atoms with Gasteiger partial charge in [-0.1, -0.05) is 27.2 Å². The van der Waals surface area contributed by atoms with Crippen molar-refractivity contribution < 1.29 is 14.3 Å². The van der Waals surface area contributed by atoms with Crippen molar-refractivity contribution in [2.75, 3.05) is 0 Å². The summed E-state index contributed by atoms with van der Waals surface area (Å²) in [5.41, 5.74) is -0.279. The van der Waals surface area contributed by atoms with Crippen LogP contribution >= 0.6 is 0 Å². The van der Waals surface area contributed by atoms with E-state index in [0.29, 0.717) is 18.3 Å². The van der Waals surface area contributed by atoms with Crippen LogP contribution in [0.1, 0.15) is 59.8 Å². The van der Waals surface area contributed by atoms with Crippen LogP contribution in [0.15, 0.2) is 0 Å². The van der Waals surface area contributed by atoms with Crippen molar-refractivity contribution in [1.29, 1.82) is 0 Å². The van der Waals surface area contributed by atoms with Crippen LogP contribution in [0.25, 0.3) is 0 Å². The van der Waals surface area contributed by atoms with E-state index in [2.05, 4.69) is 20.8 Å². The molecule has 0 N–H and O–H groups in total. The van der Waals surface area contributed by atoms with Crippen molar-refractivity contribution in [2.45, 2.75) is 65.4 Å². The van der Waals surface area contributed by atoms with E-state index in [9.17, 15) is 9.59 Å². The molecule has 0 unspecified atom stereocenters. The average Bonchev–Trinajstić information content (AvgIpc) is 2.80. The first-order valence-electron chi connectivity index (χ1n) is 7.71. The molecule has 0 spiro atoms. The Morgan fingerprint density at radius 2 is 2.00 bits per heavy atom. The molecule has 1 saturated heterocycles. The van der Waals surface area contributed by atoms with Gasteiger partial charge in [-0.15, -0.1) is 0 Å². The Morgan fingerprint density at radius 1 is 1.32 bits per heavy atom. The highest BCUT2D eigenvalue weighted by Gasteiger charge is 2.62. The van der Waals surface area contributed by atoms with E-state index < -0.39 is 0 Å². The monoisotopic (exact) mass is 266 g/mol. The van der Waals surface area contributed by atoms with Crippen LogP contribution in [0.2, 0.25) is 0 Å². The number of esters is 1. The fourth-order valence-corrected chi connectivity index (χ4v) is 4.56. The third-order valence-corrected chi connectivity index (χ3v) is 5.41. The molecule has 2 fully saturated rings. The lowest BCUT2D eigenvalue weighted by atomic mass is 9.74. The second kappa shape index (κ2) is 5.26. The molecule has 0 radical (unpaired) electrons. The zero-order valence-electron chi connectivity index (χ0n) is 12.6. The maximum atomic E-state index is 12.1. The number of carbonyl (C=O) groups excluding carboxylic acids is 2. The second-order valence-corrected chi connectivity index (χ2v) is 6.32. The van der Waals surface area contributed by atoms with Crippen molar-refractivity contribution in [1.82, 2.24) is 0 Å². The summed E-state index contributed by atoms with van der Waals surface area (Å²) in [4.78, 5) is 23.7. The van der Waals surface area contributed by atoms with Gasteiger partial charge in [0.25, 0.3) is 0 Å². The lowest BCUT2D eigenvalue weighted by molar-refractivity contribution is -0.151. The van der Waals surface area contributed by atoms with Gasteiger partial charge in [0.2, 0.25) is 0 Å². The fourth-order valence-electron chi connectivity index (χ4n) is 4.56. The van der Waals surface area contributed by atoms with Crippen LogP contribution in [-0.2, 0) is 14.3 Å². The summed E-state index contributed by atoms with van der Waals surface area (Å²) < 4.78 is 5.82. The molecule has 1 aliphatic carbocycles. The standard InChI is InChI=1S/C16H26O3/c1-5-11-9-16(7-3)14(13(11)8-10(4)17)12(6-2)15(18)19-16/h11-14H,5-9H2,1-4H3/t11-,12-,13+,14+,16-/m1/s1. The predicted molar refractivity (Wildman–Crippen MR) is 73.6 cm³/mol. The van der Waals surface area contributed by atoms with Gasteiger partial charge in [0.1, 0.15) is 11.4 Å². The Balaban J connectivity index is 2.35. The number of carbonyl (C=O) groups is 2. The normalized spacial score (nSPS) is 41.2. The predicted octanol–water partition coefficient (Wildman–Crippen LogP) is 3.36. The third kappa shape index (κ3) is 2.21. The summed E-state index contributed by atoms with van der Waals surface area (Å²) in [6, 6.07) is 0. The number of ketones is 1. The Kier molecular flexibility index (Phi) is 4.03. The zero-order chi connectivity index (χ0) is 14.2. The minimum atomic E-state index is -0.279. The largest absolute Gasteiger partial charge is 0.459 e. The van der Waals surface area contributed by atoms with Gasteiger partial charge in [-0.3, -0.25) is 4.79 Å². The second-order valence-electron chi connectivity index (χ2n) is 6.32. The molecule has 1 saturated carbocycles. The summed E-state index contributed by atoms with van der Waals surface area (Å²) in [5, 5.41) is 0. The number of hydrogen-bond acceptors (Lipinski definition) is 3. The highest BCUT2D eigenvalue weighted by Crippen LogP contribution is 2.58. The molecule has 0 bridgehead atoms. The highest BCUT2D eigenvalue weighted by atomic mass is 16.6. The molecule has 0 aromatic heterocycles. The smallest absolute Gasteiger partial charge is 0.309 e. The minimum Gasteiger partial charge on any atom is -0.459 e. The quantitative estimate of drug-likeness (QED) is 0.717. The van der Waals surface area contributed by atoms with Crippen molar-refractivity contribution in [2.24, 2.45) is 23.7 Å². The average molecular weight is 266 g/mol. The molecule has 2 aliphatic rings. The Hall–Kier alpha value is -0.860. The lowest BCUT2D eigenvalue weighted by Gasteiger charge is -2.29. The molecule has 1 aliphatic heterocycles. The summed E-state index contributed by atoms with van der Waals surface area (Å²) in [5.74, 6) is 1.32. The molecule has 1 heterocycles. The summed E-state index contributed by atoms with van der Waals surface area (Å²) in [6.45, 7) is 8.02. The van der Waals surface area contributed by atoms with Crippen molar-refractivity contribution in [3.63, 3.8) is 0 Å². The molecular formula is C16H26O3. The van der Waals surface area contributed by atoms with Crippen LogP contribution in [0, 0.1) is 23.7 Å². The van der Waals surface area contributed by atoms with Crippen LogP contribution in [-0.4, -0.2) is 17.4 Å². The summed E-state index contributed by atoms with van der Waals surface area (Å²) >= 11 is 0. The van der Waals surface area contributed by atoms with Gasteiger partial charge in [0.15, 0.2) is 0 Å². The number of fused-ring (bicyclic) bond motifs is 1. The van der Waals surface area contributed by atoms with Crippen molar-refractivity contribution >= 4 is 11.8 Å². The lowest BCUT2D eigenvalue weighted by Crippen LogP contribution is -2.34. The molecule has 0 amide bonds. The number of Topliss-reactive ketones (excluding diaryl/α,β-unsaturated/α-hetero) is 1. The molecular weight excluding hydrogens is 240 g/mol. The van der Waals surface area contributed by atoms with Crippen LogP contribution in [0.3, 0.4) is 0 Å². The van der Waals surface area contributed by atoms with E-state index in [1.807, 2.05) is 0 Å². The van der Waals surface area contributed by atoms with Crippen molar-refractivity contribution in [3.8, 4) is 0 Å². The maximum Gasteiger partial charge on any atom is 0.309 e. The van der Waals surface area contributed by atoms with Gasteiger partial charge in [-0.25, -0.2) is 0 Å². The van der Waals surface area contributed by atoms with Crippen LogP contribution in [0.4, 0.5) is 0 Å². The fraction of sp³-hybridized carbons (Fsp3) is 0.875. The van der Waals surface area contributed by atoms with Gasteiger partial charge in [0, 0.05) is 12.3 Å². The zero-order valence-corrected chi connectivity index (χ0v) is 12.6. The van der Waals surface area contributed by atoms with Gasteiger partial charge in [0.05, 0.1) is 5.92 Å². The molecule has 3 heteroatoms. The molecule has 0 aromatic rings. The van der Waals surface area contributed by atoms with Gasteiger partial charge in [-0.05, 0) is 38.0 Å². The topological polar surface area (TPSA) is 43.4 Å². The van der Waals surface area contributed by atoms with Crippen molar-refractivity contribution in [3.05, 3.63) is 0 Å². The van der Waals surface area contributed by atoms with E-state index in [0.717, 1.165) is 25.7 Å². The van der Waals surface area contributed by atoms with E-state index in [-0.39, 0.29) is 29.2 Å². The molecule has 108 valence electrons. The number of hydrogen-bond donors (Lipinski definition) is 0.